The van der Waals surface area contributed by atoms with E-state index in [0.29, 0.717) is 19.1 Å². The molecule has 0 saturated carbocycles. The van der Waals surface area contributed by atoms with Gasteiger partial charge < -0.3 is 14.8 Å². The second-order valence-electron chi connectivity index (χ2n) is 6.49. The van der Waals surface area contributed by atoms with Gasteiger partial charge in [-0.2, -0.15) is 0 Å². The zero-order chi connectivity index (χ0) is 16.4. The SMILES string of the molecule is CN(C)[C@@H]1CCN(CC(=O)NCc2nc3ccccc3n2C)C1. The van der Waals surface area contributed by atoms with Crippen molar-refractivity contribution in [3.8, 4) is 0 Å². The Hall–Kier alpha value is -1.92. The second kappa shape index (κ2) is 6.68. The third-order valence-electron chi connectivity index (χ3n) is 4.67. The van der Waals surface area contributed by atoms with Gasteiger partial charge in [0.1, 0.15) is 5.82 Å². The number of nitrogens with zero attached hydrogens (tertiary/aromatic N) is 4. The molecule has 1 amide bonds. The van der Waals surface area contributed by atoms with E-state index < -0.39 is 0 Å². The number of aryl methyl sites for hydroxylation is 1. The average Bonchev–Trinajstić information content (AvgIpc) is 3.11. The fraction of sp³-hybridized carbons (Fsp3) is 0.529. The van der Waals surface area contributed by atoms with Crippen LogP contribution < -0.4 is 5.32 Å². The summed E-state index contributed by atoms with van der Waals surface area (Å²) in [6.07, 6.45) is 1.13. The molecule has 0 radical (unpaired) electrons. The van der Waals surface area contributed by atoms with Gasteiger partial charge in [0.15, 0.2) is 0 Å². The monoisotopic (exact) mass is 315 g/mol. The highest BCUT2D eigenvalue weighted by Crippen LogP contribution is 2.14. The van der Waals surface area contributed by atoms with Crippen LogP contribution >= 0.6 is 0 Å². The van der Waals surface area contributed by atoms with E-state index in [1.54, 1.807) is 0 Å². The maximum absolute atomic E-state index is 12.2. The van der Waals surface area contributed by atoms with Crippen LogP contribution in [0.5, 0.6) is 0 Å². The Morgan fingerprint density at radius 2 is 2.17 bits per heavy atom. The van der Waals surface area contributed by atoms with Crippen LogP contribution in [0.3, 0.4) is 0 Å². The normalized spacial score (nSPS) is 18.9. The Balaban J connectivity index is 1.53. The molecule has 2 aromatic rings. The van der Waals surface area contributed by atoms with Gasteiger partial charge in [-0.25, -0.2) is 4.98 Å². The summed E-state index contributed by atoms with van der Waals surface area (Å²) in [6, 6.07) is 8.57. The van der Waals surface area contributed by atoms with Crippen molar-refractivity contribution in [1.29, 1.82) is 0 Å². The Bertz CT molecular complexity index is 693. The molecule has 6 heteroatoms. The van der Waals surface area contributed by atoms with Gasteiger partial charge in [-0.1, -0.05) is 12.1 Å². The van der Waals surface area contributed by atoms with Crippen molar-refractivity contribution >= 4 is 16.9 Å². The number of benzene rings is 1. The highest BCUT2D eigenvalue weighted by Gasteiger charge is 2.25. The first-order chi connectivity index (χ1) is 11.0. The van der Waals surface area contributed by atoms with Crippen LogP contribution in [-0.2, 0) is 18.4 Å². The third kappa shape index (κ3) is 3.54. The number of carbonyl (C=O) groups is 1. The van der Waals surface area contributed by atoms with Crippen molar-refractivity contribution in [2.24, 2.45) is 7.05 Å². The number of fused-ring (bicyclic) bond motifs is 1. The van der Waals surface area contributed by atoms with Crippen LogP contribution in [0.25, 0.3) is 11.0 Å². The summed E-state index contributed by atoms with van der Waals surface area (Å²) in [4.78, 5) is 21.2. The molecule has 6 nitrogen and oxygen atoms in total. The summed E-state index contributed by atoms with van der Waals surface area (Å²) >= 11 is 0. The minimum atomic E-state index is 0.0662. The molecule has 124 valence electrons. The number of para-hydroxylation sites is 2. The number of aromatic nitrogens is 2. The summed E-state index contributed by atoms with van der Waals surface area (Å²) in [5.74, 6) is 0.948. The molecule has 1 aliphatic heterocycles. The molecule has 1 aromatic heterocycles. The molecule has 2 heterocycles. The van der Waals surface area contributed by atoms with Crippen molar-refractivity contribution in [2.45, 2.75) is 19.0 Å². The number of carbonyl (C=O) groups excluding carboxylic acids is 1. The van der Waals surface area contributed by atoms with Gasteiger partial charge in [0, 0.05) is 26.2 Å². The lowest BCUT2D eigenvalue weighted by Gasteiger charge is -2.20. The van der Waals surface area contributed by atoms with Crippen molar-refractivity contribution in [3.05, 3.63) is 30.1 Å². The molecule has 1 N–H and O–H groups in total. The predicted molar refractivity (Wildman–Crippen MR) is 91.1 cm³/mol. The molecule has 1 aliphatic rings. The first-order valence-electron chi connectivity index (χ1n) is 8.10. The van der Waals surface area contributed by atoms with Crippen LogP contribution in [0.1, 0.15) is 12.2 Å². The van der Waals surface area contributed by atoms with Gasteiger partial charge >= 0.3 is 0 Å². The van der Waals surface area contributed by atoms with Crippen LogP contribution in [0, 0.1) is 0 Å². The number of hydrogen-bond donors (Lipinski definition) is 1. The number of amides is 1. The van der Waals surface area contributed by atoms with Crippen LogP contribution in [0.15, 0.2) is 24.3 Å². The molecule has 1 atom stereocenters. The summed E-state index contributed by atoms with van der Waals surface area (Å²) in [6.45, 7) is 2.89. The van der Waals surface area contributed by atoms with E-state index in [-0.39, 0.29) is 5.91 Å². The highest BCUT2D eigenvalue weighted by molar-refractivity contribution is 5.78. The number of nitrogens with one attached hydrogen (secondary N) is 1. The van der Waals surface area contributed by atoms with Crippen molar-refractivity contribution in [2.75, 3.05) is 33.7 Å². The molecule has 23 heavy (non-hydrogen) atoms. The average molecular weight is 315 g/mol. The first kappa shape index (κ1) is 16.0. The molecule has 0 bridgehead atoms. The molecule has 0 aliphatic carbocycles. The van der Waals surface area contributed by atoms with Crippen molar-refractivity contribution in [1.82, 2.24) is 24.7 Å². The summed E-state index contributed by atoms with van der Waals surface area (Å²) < 4.78 is 2.04. The quantitative estimate of drug-likeness (QED) is 0.888. The van der Waals surface area contributed by atoms with E-state index in [2.05, 4.69) is 34.2 Å². The maximum Gasteiger partial charge on any atom is 0.234 e. The lowest BCUT2D eigenvalue weighted by atomic mass is 10.2. The van der Waals surface area contributed by atoms with Gasteiger partial charge in [-0.05, 0) is 32.6 Å². The van der Waals surface area contributed by atoms with Gasteiger partial charge in [0.25, 0.3) is 0 Å². The molecule has 1 saturated heterocycles. The minimum Gasteiger partial charge on any atom is -0.348 e. The molecular weight excluding hydrogens is 290 g/mol. The number of likely N-dealkylation sites (N-methyl/N-ethyl adjacent to an activating group) is 1. The molecule has 0 unspecified atom stereocenters. The van der Waals surface area contributed by atoms with E-state index in [9.17, 15) is 4.79 Å². The van der Waals surface area contributed by atoms with Gasteiger partial charge in [-0.15, -0.1) is 0 Å². The minimum absolute atomic E-state index is 0.0662. The van der Waals surface area contributed by atoms with E-state index in [1.165, 1.54) is 0 Å². The molecule has 1 aromatic carbocycles. The van der Waals surface area contributed by atoms with Crippen LogP contribution in [0.4, 0.5) is 0 Å². The summed E-state index contributed by atoms with van der Waals surface area (Å²) in [5.41, 5.74) is 2.05. The zero-order valence-corrected chi connectivity index (χ0v) is 14.1. The Morgan fingerprint density at radius 1 is 1.39 bits per heavy atom. The third-order valence-corrected chi connectivity index (χ3v) is 4.67. The van der Waals surface area contributed by atoms with E-state index in [0.717, 1.165) is 36.4 Å². The van der Waals surface area contributed by atoms with Gasteiger partial charge in [0.2, 0.25) is 5.91 Å². The van der Waals surface area contributed by atoms with Crippen LogP contribution in [-0.4, -0.2) is 65.0 Å². The highest BCUT2D eigenvalue weighted by atomic mass is 16.2. The van der Waals surface area contributed by atoms with E-state index >= 15 is 0 Å². The number of imidazole rings is 1. The largest absolute Gasteiger partial charge is 0.348 e. The van der Waals surface area contributed by atoms with Crippen molar-refractivity contribution in [3.63, 3.8) is 0 Å². The van der Waals surface area contributed by atoms with E-state index in [1.807, 2.05) is 35.9 Å². The fourth-order valence-corrected chi connectivity index (χ4v) is 3.17. The topological polar surface area (TPSA) is 53.4 Å². The molecule has 0 spiro atoms. The van der Waals surface area contributed by atoms with Crippen LogP contribution in [0.2, 0.25) is 0 Å². The lowest BCUT2D eigenvalue weighted by molar-refractivity contribution is -0.122. The maximum atomic E-state index is 12.2. The number of hydrogen-bond acceptors (Lipinski definition) is 4. The Kier molecular flexibility index (Phi) is 4.63. The Labute approximate surface area is 137 Å². The zero-order valence-electron chi connectivity index (χ0n) is 14.1. The van der Waals surface area contributed by atoms with Gasteiger partial charge in [-0.3, -0.25) is 9.69 Å². The predicted octanol–water partition coefficient (Wildman–Crippen LogP) is 0.825. The fourth-order valence-electron chi connectivity index (χ4n) is 3.17. The van der Waals surface area contributed by atoms with Crippen molar-refractivity contribution < 1.29 is 4.79 Å². The van der Waals surface area contributed by atoms with Gasteiger partial charge in [0.05, 0.1) is 24.1 Å². The van der Waals surface area contributed by atoms with E-state index in [4.69, 9.17) is 0 Å². The lowest BCUT2D eigenvalue weighted by Crippen LogP contribution is -2.38. The standard InChI is InChI=1S/C17H25N5O/c1-20(2)13-8-9-22(11-13)12-17(23)18-10-16-19-14-6-4-5-7-15(14)21(16)3/h4-7,13H,8-12H2,1-3H3,(H,18,23)/t13-/m1/s1. The second-order valence-corrected chi connectivity index (χ2v) is 6.49. The molecule has 3 rings (SSSR count). The first-order valence-corrected chi connectivity index (χ1v) is 8.10. The smallest absolute Gasteiger partial charge is 0.234 e. The molecular formula is C17H25N5O. The number of rotatable bonds is 5. The molecule has 1 fully saturated rings. The summed E-state index contributed by atoms with van der Waals surface area (Å²) in [7, 11) is 6.18. The summed E-state index contributed by atoms with van der Waals surface area (Å²) in [5, 5.41) is 2.99. The number of likely N-dealkylation sites (tertiary alicyclic amines) is 1. The Morgan fingerprint density at radius 3 is 2.87 bits per heavy atom.